The number of anilines is 1. The summed E-state index contributed by atoms with van der Waals surface area (Å²) in [5, 5.41) is 5.66. The van der Waals surface area contributed by atoms with Gasteiger partial charge in [0.2, 0.25) is 5.95 Å². The highest BCUT2D eigenvalue weighted by Gasteiger charge is 2.34. The maximum absolute atomic E-state index is 16.6. The van der Waals surface area contributed by atoms with Crippen LogP contribution >= 0.6 is 12.4 Å². The number of ether oxygens (including phenoxy) is 1. The third-order valence-electron chi connectivity index (χ3n) is 8.55. The Balaban J connectivity index is 0.00000451. The van der Waals surface area contributed by atoms with Crippen molar-refractivity contribution in [1.82, 2.24) is 24.7 Å². The zero-order valence-corrected chi connectivity index (χ0v) is 27.3. The minimum atomic E-state index is -4.56. The average Bonchev–Trinajstić information content (AvgIpc) is 3.70. The Kier molecular flexibility index (Phi) is 10.4. The number of rotatable bonds is 10. The molecule has 254 valence electrons. The van der Waals surface area contributed by atoms with E-state index in [4.69, 9.17) is 15.6 Å². The van der Waals surface area contributed by atoms with Gasteiger partial charge in [-0.3, -0.25) is 4.79 Å². The fourth-order valence-corrected chi connectivity index (χ4v) is 6.18. The number of alkyl halides is 3. The fourth-order valence-electron chi connectivity index (χ4n) is 6.18. The molecule has 0 atom stereocenters. The molecule has 9 nitrogen and oxygen atoms in total. The van der Waals surface area contributed by atoms with E-state index in [2.05, 4.69) is 28.8 Å². The zero-order valence-electron chi connectivity index (χ0n) is 26.5. The van der Waals surface area contributed by atoms with Gasteiger partial charge in [-0.2, -0.15) is 18.3 Å². The summed E-state index contributed by atoms with van der Waals surface area (Å²) < 4.78 is 63.5. The number of aromatic nitrogens is 5. The molecule has 0 saturated heterocycles. The van der Waals surface area contributed by atoms with Gasteiger partial charge in [0.1, 0.15) is 12.4 Å². The molecule has 4 heterocycles. The monoisotopic (exact) mass is 685 g/mol. The molecule has 14 heteroatoms. The zero-order chi connectivity index (χ0) is 33.3. The van der Waals surface area contributed by atoms with Crippen LogP contribution in [-0.4, -0.2) is 43.8 Å². The smallest absolute Gasteiger partial charge is 0.419 e. The highest BCUT2D eigenvalue weighted by Crippen LogP contribution is 2.41. The molecule has 5 aromatic rings. The Hall–Kier alpha value is -4.49. The van der Waals surface area contributed by atoms with Crippen molar-refractivity contribution in [2.24, 2.45) is 5.73 Å². The molecule has 3 aromatic heterocycles. The second kappa shape index (κ2) is 14.3. The van der Waals surface area contributed by atoms with Gasteiger partial charge in [0.15, 0.2) is 0 Å². The third-order valence-corrected chi connectivity index (χ3v) is 8.55. The van der Waals surface area contributed by atoms with Crippen molar-refractivity contribution in [1.29, 1.82) is 0 Å². The van der Waals surface area contributed by atoms with Gasteiger partial charge in [0.25, 0.3) is 0 Å². The van der Waals surface area contributed by atoms with Crippen LogP contribution in [0.25, 0.3) is 27.8 Å². The van der Waals surface area contributed by atoms with Crippen molar-refractivity contribution in [3.05, 3.63) is 88.3 Å². The number of fused-ring (bicyclic) bond motifs is 2. The van der Waals surface area contributed by atoms with E-state index >= 15 is 4.39 Å². The third kappa shape index (κ3) is 6.61. The Morgan fingerprint density at radius 3 is 2.44 bits per heavy atom. The van der Waals surface area contributed by atoms with Crippen LogP contribution in [0, 0.1) is 5.82 Å². The lowest BCUT2D eigenvalue weighted by atomic mass is 9.95. The molecule has 0 fully saturated rings. The van der Waals surface area contributed by atoms with Crippen LogP contribution in [0.1, 0.15) is 60.2 Å². The van der Waals surface area contributed by atoms with Gasteiger partial charge >= 0.3 is 12.1 Å². The van der Waals surface area contributed by atoms with Gasteiger partial charge < -0.3 is 20.4 Å². The van der Waals surface area contributed by atoms with Crippen LogP contribution < -0.4 is 10.6 Å². The number of nitrogens with two attached hydrogens (primary N) is 1. The van der Waals surface area contributed by atoms with Gasteiger partial charge in [-0.15, -0.1) is 12.4 Å². The molecular weight excluding hydrogens is 650 g/mol. The summed E-state index contributed by atoms with van der Waals surface area (Å²) in [6.07, 6.45) is 1.25. The SMILES string of the molecule is CCc1cccc(CC)c1-n1nc2c(c1-c1c(F)cc(COC(=O)CCCN)c3[nH]ccc13)CN(c1ncc(C(F)(F)F)cn1)CC2.Cl. The van der Waals surface area contributed by atoms with E-state index in [9.17, 15) is 18.0 Å². The van der Waals surface area contributed by atoms with Gasteiger partial charge in [-0.05, 0) is 49.1 Å². The van der Waals surface area contributed by atoms with Crippen LogP contribution in [-0.2, 0) is 48.1 Å². The van der Waals surface area contributed by atoms with Gasteiger partial charge in [-0.1, -0.05) is 32.0 Å². The van der Waals surface area contributed by atoms with E-state index in [-0.39, 0.29) is 37.9 Å². The minimum Gasteiger partial charge on any atom is -0.461 e. The number of aromatic amines is 1. The number of benzene rings is 2. The van der Waals surface area contributed by atoms with Crippen LogP contribution in [0.5, 0.6) is 0 Å². The minimum absolute atomic E-state index is 0. The maximum atomic E-state index is 16.6. The van der Waals surface area contributed by atoms with Crippen molar-refractivity contribution >= 4 is 35.2 Å². The standard InChI is InChI=1S/C34H35F4N7O2.ClH/c1-3-20-7-5-8-21(4-2)31(20)45-32(25-18-44(14-11-27(25)43-45)33-41-16-23(17-42-33)34(36,37)38)29-24-10-13-40-30(24)22(15-26(29)35)19-47-28(46)9-6-12-39;/h5,7-8,10,13,15-17,40H,3-4,6,9,11-12,14,18-19,39H2,1-2H3;1H. The van der Waals surface area contributed by atoms with Crippen molar-refractivity contribution in [3.8, 4) is 16.9 Å². The average molecular weight is 686 g/mol. The van der Waals surface area contributed by atoms with Crippen LogP contribution in [0.15, 0.2) is 48.9 Å². The summed E-state index contributed by atoms with van der Waals surface area (Å²) >= 11 is 0. The molecule has 0 spiro atoms. The molecule has 2 aromatic carbocycles. The molecule has 0 aliphatic carbocycles. The van der Waals surface area contributed by atoms with Crippen LogP contribution in [0.3, 0.4) is 0 Å². The van der Waals surface area contributed by atoms with Gasteiger partial charge in [0.05, 0.1) is 28.2 Å². The Morgan fingerprint density at radius 1 is 1.08 bits per heavy atom. The summed E-state index contributed by atoms with van der Waals surface area (Å²) in [4.78, 5) is 25.3. The summed E-state index contributed by atoms with van der Waals surface area (Å²) in [5.41, 5.74) is 11.0. The van der Waals surface area contributed by atoms with E-state index in [1.165, 1.54) is 6.07 Å². The second-order valence-corrected chi connectivity index (χ2v) is 11.5. The van der Waals surface area contributed by atoms with Crippen molar-refractivity contribution in [2.75, 3.05) is 18.0 Å². The predicted molar refractivity (Wildman–Crippen MR) is 177 cm³/mol. The fraction of sp³-hybridized carbons (Fsp3) is 0.353. The number of aryl methyl sites for hydroxylation is 2. The lowest BCUT2D eigenvalue weighted by Gasteiger charge is -2.27. The second-order valence-electron chi connectivity index (χ2n) is 11.5. The van der Waals surface area contributed by atoms with Crippen LogP contribution in [0.4, 0.5) is 23.5 Å². The molecule has 0 radical (unpaired) electrons. The highest BCUT2D eigenvalue weighted by atomic mass is 35.5. The van der Waals surface area contributed by atoms with Gasteiger partial charge in [-0.25, -0.2) is 19.0 Å². The number of carbonyl (C=O) groups excluding carboxylic acids is 1. The molecule has 1 aliphatic heterocycles. The normalized spacial score (nSPS) is 13.0. The van der Waals surface area contributed by atoms with E-state index < -0.39 is 23.5 Å². The lowest BCUT2D eigenvalue weighted by Crippen LogP contribution is -2.31. The predicted octanol–water partition coefficient (Wildman–Crippen LogP) is 6.86. The maximum Gasteiger partial charge on any atom is 0.419 e. The quantitative estimate of drug-likeness (QED) is 0.122. The van der Waals surface area contributed by atoms with E-state index in [1.807, 2.05) is 22.9 Å². The van der Waals surface area contributed by atoms with Gasteiger partial charge in [0, 0.05) is 66.6 Å². The molecule has 0 unspecified atom stereocenters. The van der Waals surface area contributed by atoms with Crippen molar-refractivity contribution in [3.63, 3.8) is 0 Å². The Morgan fingerprint density at radius 2 is 1.79 bits per heavy atom. The largest absolute Gasteiger partial charge is 0.461 e. The Bertz CT molecular complexity index is 1900. The lowest BCUT2D eigenvalue weighted by molar-refractivity contribution is -0.145. The topological polar surface area (TPSA) is 115 Å². The molecule has 0 amide bonds. The van der Waals surface area contributed by atoms with Crippen LogP contribution in [0.2, 0.25) is 0 Å². The number of para-hydroxylation sites is 1. The summed E-state index contributed by atoms with van der Waals surface area (Å²) in [6, 6.07) is 9.23. The number of nitrogens with zero attached hydrogens (tertiary/aromatic N) is 5. The number of nitrogens with one attached hydrogen (secondary N) is 1. The van der Waals surface area contributed by atoms with Crippen molar-refractivity contribution < 1.29 is 27.1 Å². The molecule has 0 bridgehead atoms. The first-order valence-corrected chi connectivity index (χ1v) is 15.6. The number of esters is 1. The molecule has 6 rings (SSSR count). The number of H-pyrrole nitrogens is 1. The summed E-state index contributed by atoms with van der Waals surface area (Å²) in [5.74, 6) is -0.797. The summed E-state index contributed by atoms with van der Waals surface area (Å²) in [7, 11) is 0. The number of halogens is 5. The highest BCUT2D eigenvalue weighted by molar-refractivity contribution is 5.98. The number of hydrogen-bond acceptors (Lipinski definition) is 7. The molecule has 3 N–H and O–H groups in total. The molecule has 0 saturated carbocycles. The number of hydrogen-bond donors (Lipinski definition) is 2. The molecule has 1 aliphatic rings. The van der Waals surface area contributed by atoms with E-state index in [1.54, 1.807) is 17.2 Å². The first kappa shape index (κ1) is 34.8. The molecular formula is C34H36ClF4N7O2. The Labute approximate surface area is 280 Å². The van der Waals surface area contributed by atoms with E-state index in [0.717, 1.165) is 53.3 Å². The molecule has 48 heavy (non-hydrogen) atoms. The van der Waals surface area contributed by atoms with Crippen molar-refractivity contribution in [2.45, 2.75) is 65.3 Å². The first-order chi connectivity index (χ1) is 22.6. The number of carbonyl (C=O) groups is 1. The summed E-state index contributed by atoms with van der Waals surface area (Å²) in [6.45, 7) is 4.98. The van der Waals surface area contributed by atoms with E-state index in [0.29, 0.717) is 53.7 Å². The first-order valence-electron chi connectivity index (χ1n) is 15.6.